The molecule has 0 amide bonds. The Morgan fingerprint density at radius 2 is 2.17 bits per heavy atom. The maximum Gasteiger partial charge on any atom is 0.232 e. The van der Waals surface area contributed by atoms with Crippen LogP contribution in [-0.4, -0.2) is 17.6 Å². The average Bonchev–Trinajstić information content (AvgIpc) is 2.34. The Kier molecular flexibility index (Phi) is 7.06. The Morgan fingerprint density at radius 3 is 2.78 bits per heavy atom. The Bertz CT molecular complexity index is 356. The molecule has 0 saturated heterocycles. The fourth-order valence-corrected chi connectivity index (χ4v) is 1.75. The van der Waals surface area contributed by atoms with Gasteiger partial charge in [-0.3, -0.25) is 0 Å². The Morgan fingerprint density at radius 1 is 1.39 bits per heavy atom. The summed E-state index contributed by atoms with van der Waals surface area (Å²) in [5, 5.41) is 3.92. The molecule has 1 heterocycles. The zero-order valence-corrected chi connectivity index (χ0v) is 12.3. The summed E-state index contributed by atoms with van der Waals surface area (Å²) in [4.78, 5) is 4.26. The number of pyridine rings is 1. The molecular weight excluding hydrogens is 248 g/mol. The molecule has 1 aromatic heterocycles. The van der Waals surface area contributed by atoms with Crippen LogP contribution in [0.3, 0.4) is 0 Å². The smallest absolute Gasteiger partial charge is 0.232 e. The van der Waals surface area contributed by atoms with E-state index in [9.17, 15) is 0 Å². The SMILES string of the molecule is CCCCCOc1ncc(CNC(C)C)cc1Cl. The van der Waals surface area contributed by atoms with Gasteiger partial charge in [0.05, 0.1) is 6.61 Å². The van der Waals surface area contributed by atoms with Crippen molar-refractivity contribution in [2.45, 2.75) is 52.6 Å². The highest BCUT2D eigenvalue weighted by molar-refractivity contribution is 6.31. The monoisotopic (exact) mass is 270 g/mol. The lowest BCUT2D eigenvalue weighted by atomic mass is 10.2. The zero-order chi connectivity index (χ0) is 13.4. The van der Waals surface area contributed by atoms with Gasteiger partial charge in [0.1, 0.15) is 5.02 Å². The quantitative estimate of drug-likeness (QED) is 0.730. The van der Waals surface area contributed by atoms with Crippen molar-refractivity contribution in [2.75, 3.05) is 6.61 Å². The first-order valence-electron chi connectivity index (χ1n) is 6.64. The summed E-state index contributed by atoms with van der Waals surface area (Å²) in [6.07, 6.45) is 5.22. The number of hydrogen-bond donors (Lipinski definition) is 1. The molecular formula is C14H23ClN2O. The van der Waals surface area contributed by atoms with Gasteiger partial charge in [-0.05, 0) is 18.1 Å². The number of nitrogens with one attached hydrogen (secondary N) is 1. The first kappa shape index (κ1) is 15.3. The standard InChI is InChI=1S/C14H23ClN2O/c1-4-5-6-7-18-14-13(15)8-12(10-17-14)9-16-11(2)3/h8,10-11,16H,4-7,9H2,1-3H3. The van der Waals surface area contributed by atoms with Crippen molar-refractivity contribution >= 4 is 11.6 Å². The van der Waals surface area contributed by atoms with Crippen LogP contribution in [0.25, 0.3) is 0 Å². The molecule has 0 aliphatic rings. The number of ether oxygens (including phenoxy) is 1. The van der Waals surface area contributed by atoms with E-state index in [1.54, 1.807) is 0 Å². The van der Waals surface area contributed by atoms with Crippen LogP contribution in [0.2, 0.25) is 5.02 Å². The van der Waals surface area contributed by atoms with E-state index in [1.807, 2.05) is 12.3 Å². The zero-order valence-electron chi connectivity index (χ0n) is 11.5. The van der Waals surface area contributed by atoms with Crippen LogP contribution in [0.1, 0.15) is 45.6 Å². The molecule has 3 nitrogen and oxygen atoms in total. The van der Waals surface area contributed by atoms with Crippen molar-refractivity contribution < 1.29 is 4.74 Å². The van der Waals surface area contributed by atoms with Crippen LogP contribution >= 0.6 is 11.6 Å². The highest BCUT2D eigenvalue weighted by Crippen LogP contribution is 2.22. The van der Waals surface area contributed by atoms with Crippen LogP contribution in [0.4, 0.5) is 0 Å². The third-order valence-corrected chi connectivity index (χ3v) is 2.84. The first-order valence-corrected chi connectivity index (χ1v) is 7.02. The largest absolute Gasteiger partial charge is 0.477 e. The van der Waals surface area contributed by atoms with Gasteiger partial charge in [-0.1, -0.05) is 45.2 Å². The van der Waals surface area contributed by atoms with Gasteiger partial charge in [-0.2, -0.15) is 0 Å². The molecule has 0 unspecified atom stereocenters. The summed E-state index contributed by atoms with van der Waals surface area (Å²) in [6, 6.07) is 2.37. The highest BCUT2D eigenvalue weighted by Gasteiger charge is 2.05. The molecule has 0 fully saturated rings. The number of unbranched alkanes of at least 4 members (excludes halogenated alkanes) is 2. The second-order valence-electron chi connectivity index (χ2n) is 4.72. The summed E-state index contributed by atoms with van der Waals surface area (Å²) in [5.74, 6) is 0.543. The average molecular weight is 271 g/mol. The van der Waals surface area contributed by atoms with E-state index in [0.717, 1.165) is 18.5 Å². The lowest BCUT2D eigenvalue weighted by Gasteiger charge is -2.10. The lowest BCUT2D eigenvalue weighted by Crippen LogP contribution is -2.21. The fraction of sp³-hybridized carbons (Fsp3) is 0.643. The second-order valence-corrected chi connectivity index (χ2v) is 5.13. The molecule has 1 aromatic rings. The third kappa shape index (κ3) is 5.69. The van der Waals surface area contributed by atoms with E-state index in [4.69, 9.17) is 16.3 Å². The van der Waals surface area contributed by atoms with Crippen LogP contribution in [-0.2, 0) is 6.54 Å². The molecule has 0 atom stereocenters. The van der Waals surface area contributed by atoms with E-state index < -0.39 is 0 Å². The Hall–Kier alpha value is -0.800. The van der Waals surface area contributed by atoms with E-state index in [-0.39, 0.29) is 0 Å². The molecule has 1 N–H and O–H groups in total. The van der Waals surface area contributed by atoms with Gasteiger partial charge in [0.2, 0.25) is 5.88 Å². The lowest BCUT2D eigenvalue weighted by molar-refractivity contribution is 0.295. The molecule has 18 heavy (non-hydrogen) atoms. The van der Waals surface area contributed by atoms with Crippen molar-refractivity contribution in [2.24, 2.45) is 0 Å². The van der Waals surface area contributed by atoms with Gasteiger partial charge in [0, 0.05) is 18.8 Å². The number of hydrogen-bond acceptors (Lipinski definition) is 3. The van der Waals surface area contributed by atoms with E-state index in [0.29, 0.717) is 23.6 Å². The van der Waals surface area contributed by atoms with E-state index >= 15 is 0 Å². The van der Waals surface area contributed by atoms with Crippen molar-refractivity contribution in [3.8, 4) is 5.88 Å². The molecule has 0 radical (unpaired) electrons. The normalized spacial score (nSPS) is 10.9. The molecule has 0 saturated carbocycles. The van der Waals surface area contributed by atoms with Crippen molar-refractivity contribution in [1.82, 2.24) is 10.3 Å². The van der Waals surface area contributed by atoms with Crippen molar-refractivity contribution in [3.05, 3.63) is 22.8 Å². The molecule has 1 rings (SSSR count). The van der Waals surface area contributed by atoms with Gasteiger partial charge < -0.3 is 10.1 Å². The second kappa shape index (κ2) is 8.33. The summed E-state index contributed by atoms with van der Waals surface area (Å²) in [5.41, 5.74) is 1.08. The van der Waals surface area contributed by atoms with Gasteiger partial charge in [0.25, 0.3) is 0 Å². The summed E-state index contributed by atoms with van der Waals surface area (Å²) >= 11 is 6.14. The third-order valence-electron chi connectivity index (χ3n) is 2.57. The Balaban J connectivity index is 2.46. The number of rotatable bonds is 8. The summed E-state index contributed by atoms with van der Waals surface area (Å²) in [6.45, 7) is 7.85. The summed E-state index contributed by atoms with van der Waals surface area (Å²) < 4.78 is 5.56. The molecule has 102 valence electrons. The minimum absolute atomic E-state index is 0.453. The molecule has 0 bridgehead atoms. The first-order chi connectivity index (χ1) is 8.63. The molecule has 0 spiro atoms. The van der Waals surface area contributed by atoms with Crippen molar-refractivity contribution in [3.63, 3.8) is 0 Å². The van der Waals surface area contributed by atoms with Gasteiger partial charge in [0.15, 0.2) is 0 Å². The van der Waals surface area contributed by atoms with Crippen LogP contribution < -0.4 is 10.1 Å². The highest BCUT2D eigenvalue weighted by atomic mass is 35.5. The fourth-order valence-electron chi connectivity index (χ4n) is 1.51. The van der Waals surface area contributed by atoms with Crippen molar-refractivity contribution in [1.29, 1.82) is 0 Å². The van der Waals surface area contributed by atoms with Crippen LogP contribution in [0, 0.1) is 0 Å². The van der Waals surface area contributed by atoms with E-state index in [2.05, 4.69) is 31.1 Å². The van der Waals surface area contributed by atoms with E-state index in [1.165, 1.54) is 12.8 Å². The maximum atomic E-state index is 6.14. The van der Waals surface area contributed by atoms with Crippen LogP contribution in [0.15, 0.2) is 12.3 Å². The Labute approximate surface area is 115 Å². The maximum absolute atomic E-state index is 6.14. The minimum atomic E-state index is 0.453. The number of aromatic nitrogens is 1. The molecule has 0 aliphatic carbocycles. The molecule has 4 heteroatoms. The predicted molar refractivity (Wildman–Crippen MR) is 76.2 cm³/mol. The number of halogens is 1. The summed E-state index contributed by atoms with van der Waals surface area (Å²) in [7, 11) is 0. The topological polar surface area (TPSA) is 34.1 Å². The minimum Gasteiger partial charge on any atom is -0.477 e. The number of nitrogens with zero attached hydrogens (tertiary/aromatic N) is 1. The van der Waals surface area contributed by atoms with Crippen LogP contribution in [0.5, 0.6) is 5.88 Å². The molecule has 0 aliphatic heterocycles. The predicted octanol–water partition coefficient (Wildman–Crippen LogP) is 3.80. The molecule has 0 aromatic carbocycles. The van der Waals surface area contributed by atoms with Gasteiger partial charge in [-0.25, -0.2) is 4.98 Å². The van der Waals surface area contributed by atoms with Gasteiger partial charge in [-0.15, -0.1) is 0 Å². The van der Waals surface area contributed by atoms with Gasteiger partial charge >= 0.3 is 0 Å².